The lowest BCUT2D eigenvalue weighted by molar-refractivity contribution is -0.870. The van der Waals surface area contributed by atoms with E-state index in [-0.39, 0.29) is 19.1 Å². The van der Waals surface area contributed by atoms with Crippen LogP contribution in [-0.4, -0.2) is 68.5 Å². The standard InChI is InChI=1S/C60H105N2O6P/c1-6-8-10-12-14-16-18-20-21-22-23-24-25-26-27-28-29-30-31-32-33-34-35-36-37-38-39-40-41-42-44-46-48-50-52-54-60(64)61-58(57-68-69(65,66)67-56-55-62(3,4)5)59(63)53-51-49-47-45-43-19-17-15-13-11-9-7-2/h8,10,14,16,20-21,23-24,26-27,29-30,32-33,35-36,38-39,58-59,63H,6-7,9,11-13,15,17-19,22,25,28,31,34,37,40-57H2,1-5H3,(H-,61,64,65,66)/b10-8-,16-14-,21-20-,24-23-,27-26-,30-29-,33-32-,36-35-,39-38-. The highest BCUT2D eigenvalue weighted by molar-refractivity contribution is 7.45. The fourth-order valence-corrected chi connectivity index (χ4v) is 8.17. The summed E-state index contributed by atoms with van der Waals surface area (Å²) in [5, 5.41) is 13.9. The van der Waals surface area contributed by atoms with Crippen LogP contribution >= 0.6 is 7.82 Å². The van der Waals surface area contributed by atoms with Crippen LogP contribution in [0, 0.1) is 0 Å². The Morgan fingerprint density at radius 1 is 0.522 bits per heavy atom. The van der Waals surface area contributed by atoms with E-state index in [1.165, 1.54) is 77.0 Å². The molecule has 2 N–H and O–H groups in total. The first-order valence-corrected chi connectivity index (χ1v) is 29.2. The van der Waals surface area contributed by atoms with Crippen LogP contribution in [-0.2, 0) is 18.4 Å². The van der Waals surface area contributed by atoms with Crippen LogP contribution in [0.5, 0.6) is 0 Å². The number of nitrogens with zero attached hydrogens (tertiary/aromatic N) is 1. The zero-order valence-electron chi connectivity index (χ0n) is 45.0. The Morgan fingerprint density at radius 2 is 0.884 bits per heavy atom. The zero-order valence-corrected chi connectivity index (χ0v) is 45.9. The van der Waals surface area contributed by atoms with Crippen molar-refractivity contribution in [3.63, 3.8) is 0 Å². The van der Waals surface area contributed by atoms with Gasteiger partial charge in [-0.1, -0.05) is 232 Å². The molecule has 0 rings (SSSR count). The Bertz CT molecular complexity index is 1490. The SMILES string of the molecule is CC/C=C\C/C=C\C/C=C\C/C=C\C/C=C\C/C=C\C/C=C\C/C=C\C/C=C\CCCCCCCCCC(=O)NC(COP(=O)([O-])OCC[N+](C)(C)C)C(O)CCCCCCCCCCCCCC. The van der Waals surface area contributed by atoms with Gasteiger partial charge in [-0.2, -0.15) is 0 Å². The monoisotopic (exact) mass is 981 g/mol. The summed E-state index contributed by atoms with van der Waals surface area (Å²) >= 11 is 0. The summed E-state index contributed by atoms with van der Waals surface area (Å²) in [6.07, 6.45) is 72.6. The first-order valence-electron chi connectivity index (χ1n) is 27.7. The molecule has 0 aromatic rings. The number of hydrogen-bond donors (Lipinski definition) is 2. The molecule has 0 saturated carbocycles. The van der Waals surface area contributed by atoms with Crippen LogP contribution in [0.1, 0.15) is 213 Å². The summed E-state index contributed by atoms with van der Waals surface area (Å²) in [5.41, 5.74) is 0. The topological polar surface area (TPSA) is 108 Å². The second kappa shape index (κ2) is 50.1. The van der Waals surface area contributed by atoms with Crippen molar-refractivity contribution in [3.8, 4) is 0 Å². The molecule has 0 aliphatic carbocycles. The summed E-state index contributed by atoms with van der Waals surface area (Å²) in [6.45, 7) is 4.57. The lowest BCUT2D eigenvalue weighted by atomic mass is 10.0. The van der Waals surface area contributed by atoms with Crippen molar-refractivity contribution in [2.75, 3.05) is 40.9 Å². The Labute approximate surface area is 425 Å². The fourth-order valence-electron chi connectivity index (χ4n) is 7.44. The van der Waals surface area contributed by atoms with Gasteiger partial charge in [0.15, 0.2) is 0 Å². The minimum Gasteiger partial charge on any atom is -0.756 e. The predicted octanol–water partition coefficient (Wildman–Crippen LogP) is 16.2. The number of aliphatic hydroxyl groups is 1. The molecule has 0 aromatic heterocycles. The third-order valence-electron chi connectivity index (χ3n) is 11.8. The summed E-state index contributed by atoms with van der Waals surface area (Å²) in [4.78, 5) is 25.4. The molecule has 1 amide bonds. The average molecular weight is 981 g/mol. The highest BCUT2D eigenvalue weighted by atomic mass is 31.2. The van der Waals surface area contributed by atoms with Crippen molar-refractivity contribution in [3.05, 3.63) is 109 Å². The summed E-state index contributed by atoms with van der Waals surface area (Å²) in [7, 11) is 1.28. The number of allylic oxidation sites excluding steroid dienone is 18. The highest BCUT2D eigenvalue weighted by Gasteiger charge is 2.24. The molecule has 0 bridgehead atoms. The first-order chi connectivity index (χ1) is 33.5. The third-order valence-corrected chi connectivity index (χ3v) is 12.7. The van der Waals surface area contributed by atoms with Crippen LogP contribution < -0.4 is 10.2 Å². The van der Waals surface area contributed by atoms with E-state index in [0.29, 0.717) is 23.9 Å². The number of likely N-dealkylation sites (N-methyl/N-ethyl adjacent to an activating group) is 1. The Hall–Kier alpha value is -2.84. The molecule has 3 atom stereocenters. The van der Waals surface area contributed by atoms with E-state index in [4.69, 9.17) is 9.05 Å². The molecule has 0 aliphatic rings. The quantitative estimate of drug-likeness (QED) is 0.0272. The second-order valence-corrected chi connectivity index (χ2v) is 21.0. The van der Waals surface area contributed by atoms with E-state index < -0.39 is 20.0 Å². The third kappa shape index (κ3) is 52.8. The maximum absolute atomic E-state index is 12.9. The van der Waals surface area contributed by atoms with E-state index in [0.717, 1.165) is 109 Å². The number of rotatable bonds is 49. The normalized spacial score (nSPS) is 14.8. The number of hydrogen-bond acceptors (Lipinski definition) is 6. The molecule has 396 valence electrons. The van der Waals surface area contributed by atoms with Gasteiger partial charge in [0.2, 0.25) is 5.91 Å². The van der Waals surface area contributed by atoms with Crippen molar-refractivity contribution in [1.29, 1.82) is 0 Å². The van der Waals surface area contributed by atoms with Gasteiger partial charge in [0.25, 0.3) is 7.82 Å². The van der Waals surface area contributed by atoms with Crippen molar-refractivity contribution < 1.29 is 32.9 Å². The molecule has 0 fully saturated rings. The Kier molecular flexibility index (Phi) is 48.1. The number of carbonyl (C=O) groups is 1. The number of quaternary nitrogens is 1. The van der Waals surface area contributed by atoms with Gasteiger partial charge in [-0.15, -0.1) is 0 Å². The number of unbranched alkanes of at least 4 members (excludes halogenated alkanes) is 18. The Balaban J connectivity index is 4.15. The Morgan fingerprint density at radius 3 is 1.29 bits per heavy atom. The lowest BCUT2D eigenvalue weighted by Gasteiger charge is -2.30. The molecular formula is C60H105N2O6P. The number of carbonyl (C=O) groups excluding carboxylic acids is 1. The first kappa shape index (κ1) is 66.2. The largest absolute Gasteiger partial charge is 0.756 e. The lowest BCUT2D eigenvalue weighted by Crippen LogP contribution is -2.46. The van der Waals surface area contributed by atoms with Gasteiger partial charge in [0.1, 0.15) is 13.2 Å². The van der Waals surface area contributed by atoms with Crippen molar-refractivity contribution >= 4 is 13.7 Å². The van der Waals surface area contributed by atoms with Crippen LogP contribution in [0.4, 0.5) is 0 Å². The van der Waals surface area contributed by atoms with E-state index in [2.05, 4.69) is 129 Å². The fraction of sp³-hybridized carbons (Fsp3) is 0.683. The molecule has 3 unspecified atom stereocenters. The molecule has 9 heteroatoms. The van der Waals surface area contributed by atoms with Crippen molar-refractivity contribution in [2.24, 2.45) is 0 Å². The van der Waals surface area contributed by atoms with E-state index in [9.17, 15) is 19.4 Å². The summed E-state index contributed by atoms with van der Waals surface area (Å²) in [6, 6.07) is -0.813. The molecule has 0 radical (unpaired) electrons. The number of nitrogens with one attached hydrogen (secondary N) is 1. The molecule has 0 aliphatic heterocycles. The number of amides is 1. The highest BCUT2D eigenvalue weighted by Crippen LogP contribution is 2.38. The molecule has 0 aromatic carbocycles. The maximum atomic E-state index is 12.9. The van der Waals surface area contributed by atoms with Crippen LogP contribution in [0.3, 0.4) is 0 Å². The second-order valence-electron chi connectivity index (χ2n) is 19.6. The predicted molar refractivity (Wildman–Crippen MR) is 297 cm³/mol. The van der Waals surface area contributed by atoms with Gasteiger partial charge in [0, 0.05) is 6.42 Å². The van der Waals surface area contributed by atoms with Gasteiger partial charge in [-0.05, 0) is 83.5 Å². The summed E-state index contributed by atoms with van der Waals surface area (Å²) in [5.74, 6) is -0.182. The van der Waals surface area contributed by atoms with E-state index >= 15 is 0 Å². The van der Waals surface area contributed by atoms with Crippen LogP contribution in [0.2, 0.25) is 0 Å². The molecule has 69 heavy (non-hydrogen) atoms. The van der Waals surface area contributed by atoms with Gasteiger partial charge < -0.3 is 28.8 Å². The van der Waals surface area contributed by atoms with Gasteiger partial charge in [-0.25, -0.2) is 0 Å². The van der Waals surface area contributed by atoms with Gasteiger partial charge >= 0.3 is 0 Å². The van der Waals surface area contributed by atoms with Crippen LogP contribution in [0.15, 0.2) is 109 Å². The minimum absolute atomic E-state index is 0.00433. The number of aliphatic hydroxyl groups excluding tert-OH is 1. The van der Waals surface area contributed by atoms with Gasteiger partial charge in [-0.3, -0.25) is 9.36 Å². The van der Waals surface area contributed by atoms with Crippen molar-refractivity contribution in [2.45, 2.75) is 225 Å². The van der Waals surface area contributed by atoms with E-state index in [1.54, 1.807) is 0 Å². The molecule has 8 nitrogen and oxygen atoms in total. The van der Waals surface area contributed by atoms with E-state index in [1.807, 2.05) is 21.1 Å². The smallest absolute Gasteiger partial charge is 0.268 e. The molecular weight excluding hydrogens is 876 g/mol. The average Bonchev–Trinajstić information content (AvgIpc) is 3.31. The number of phosphoric ester groups is 1. The maximum Gasteiger partial charge on any atom is 0.268 e. The van der Waals surface area contributed by atoms with Crippen LogP contribution in [0.25, 0.3) is 0 Å². The van der Waals surface area contributed by atoms with Crippen molar-refractivity contribution in [1.82, 2.24) is 5.32 Å². The minimum atomic E-state index is -4.58. The molecule has 0 saturated heterocycles. The molecule has 0 spiro atoms. The molecule has 0 heterocycles. The summed E-state index contributed by atoms with van der Waals surface area (Å²) < 4.78 is 23.3. The van der Waals surface area contributed by atoms with Gasteiger partial charge in [0.05, 0.1) is 39.9 Å². The number of phosphoric acid groups is 1. The zero-order chi connectivity index (χ0) is 50.6.